The van der Waals surface area contributed by atoms with E-state index in [1.807, 2.05) is 12.1 Å². The van der Waals surface area contributed by atoms with Crippen LogP contribution in [0.15, 0.2) is 18.3 Å². The zero-order valence-corrected chi connectivity index (χ0v) is 11.1. The highest BCUT2D eigenvalue weighted by atomic mass is 35.5. The number of nitrogens with zero attached hydrogens (tertiary/aromatic N) is 2. The standard InChI is InChI=1S/C13H20ClN3/c1-17-8-5-11(6-9-17)4-7-15-13-3-2-12(14)10-16-13/h2-3,10-11H,4-9H2,1H3,(H,15,16). The van der Waals surface area contributed by atoms with Gasteiger partial charge in [-0.3, -0.25) is 0 Å². The summed E-state index contributed by atoms with van der Waals surface area (Å²) in [6.45, 7) is 3.48. The molecule has 0 spiro atoms. The van der Waals surface area contributed by atoms with Gasteiger partial charge in [0.25, 0.3) is 0 Å². The topological polar surface area (TPSA) is 28.2 Å². The summed E-state index contributed by atoms with van der Waals surface area (Å²) in [6.07, 6.45) is 5.57. The molecule has 0 amide bonds. The average Bonchev–Trinajstić information content (AvgIpc) is 2.34. The van der Waals surface area contributed by atoms with E-state index in [0.29, 0.717) is 5.02 Å². The van der Waals surface area contributed by atoms with E-state index in [4.69, 9.17) is 11.6 Å². The van der Waals surface area contributed by atoms with E-state index in [9.17, 15) is 0 Å². The Morgan fingerprint density at radius 3 is 2.82 bits per heavy atom. The second-order valence-corrected chi connectivity index (χ2v) is 5.26. The van der Waals surface area contributed by atoms with Crippen molar-refractivity contribution in [2.75, 3.05) is 32.0 Å². The van der Waals surface area contributed by atoms with Crippen molar-refractivity contribution >= 4 is 17.4 Å². The van der Waals surface area contributed by atoms with Crippen molar-refractivity contribution in [1.82, 2.24) is 9.88 Å². The van der Waals surface area contributed by atoms with Crippen molar-refractivity contribution in [3.8, 4) is 0 Å². The smallest absolute Gasteiger partial charge is 0.125 e. The number of rotatable bonds is 4. The van der Waals surface area contributed by atoms with Gasteiger partial charge in [-0.05, 0) is 57.5 Å². The highest BCUT2D eigenvalue weighted by Gasteiger charge is 2.15. The SMILES string of the molecule is CN1CCC(CCNc2ccc(Cl)cn2)CC1. The molecule has 0 aromatic carbocycles. The zero-order chi connectivity index (χ0) is 12.1. The van der Waals surface area contributed by atoms with Crippen LogP contribution in [-0.2, 0) is 0 Å². The van der Waals surface area contributed by atoms with E-state index < -0.39 is 0 Å². The number of pyridine rings is 1. The van der Waals surface area contributed by atoms with E-state index in [1.165, 1.54) is 32.4 Å². The molecule has 0 unspecified atom stereocenters. The Hall–Kier alpha value is -0.800. The van der Waals surface area contributed by atoms with Gasteiger partial charge in [-0.1, -0.05) is 11.6 Å². The van der Waals surface area contributed by atoms with Crippen LogP contribution in [0.2, 0.25) is 5.02 Å². The summed E-state index contributed by atoms with van der Waals surface area (Å²) in [7, 11) is 2.20. The molecular formula is C13H20ClN3. The molecule has 0 saturated carbocycles. The molecule has 1 aromatic rings. The van der Waals surface area contributed by atoms with Crippen LogP contribution in [0.4, 0.5) is 5.82 Å². The minimum absolute atomic E-state index is 0.686. The summed E-state index contributed by atoms with van der Waals surface area (Å²) in [5.41, 5.74) is 0. The lowest BCUT2D eigenvalue weighted by Gasteiger charge is -2.28. The molecule has 1 fully saturated rings. The highest BCUT2D eigenvalue weighted by molar-refractivity contribution is 6.30. The maximum atomic E-state index is 5.79. The van der Waals surface area contributed by atoms with Crippen LogP contribution < -0.4 is 5.32 Å². The van der Waals surface area contributed by atoms with E-state index in [-0.39, 0.29) is 0 Å². The van der Waals surface area contributed by atoms with Gasteiger partial charge in [0, 0.05) is 12.7 Å². The van der Waals surface area contributed by atoms with Gasteiger partial charge in [-0.2, -0.15) is 0 Å². The maximum absolute atomic E-state index is 5.79. The number of hydrogen-bond acceptors (Lipinski definition) is 3. The summed E-state index contributed by atoms with van der Waals surface area (Å²) in [4.78, 5) is 6.63. The summed E-state index contributed by atoms with van der Waals surface area (Å²) in [6, 6.07) is 3.80. The molecule has 3 nitrogen and oxygen atoms in total. The lowest BCUT2D eigenvalue weighted by atomic mass is 9.94. The van der Waals surface area contributed by atoms with E-state index in [2.05, 4.69) is 22.2 Å². The van der Waals surface area contributed by atoms with Crippen molar-refractivity contribution in [3.05, 3.63) is 23.4 Å². The lowest BCUT2D eigenvalue weighted by molar-refractivity contribution is 0.215. The van der Waals surface area contributed by atoms with Gasteiger partial charge in [0.05, 0.1) is 5.02 Å². The fraction of sp³-hybridized carbons (Fsp3) is 0.615. The molecule has 1 aromatic heterocycles. The second-order valence-electron chi connectivity index (χ2n) is 4.82. The minimum Gasteiger partial charge on any atom is -0.370 e. The third-order valence-corrected chi connectivity index (χ3v) is 3.65. The van der Waals surface area contributed by atoms with Crippen LogP contribution in [0, 0.1) is 5.92 Å². The lowest BCUT2D eigenvalue weighted by Crippen LogP contribution is -2.30. The van der Waals surface area contributed by atoms with Gasteiger partial charge < -0.3 is 10.2 Å². The number of anilines is 1. The van der Waals surface area contributed by atoms with Crippen LogP contribution in [-0.4, -0.2) is 36.6 Å². The fourth-order valence-electron chi connectivity index (χ4n) is 2.24. The van der Waals surface area contributed by atoms with Crippen molar-refractivity contribution in [2.24, 2.45) is 5.92 Å². The molecule has 94 valence electrons. The first-order valence-electron chi connectivity index (χ1n) is 6.28. The molecule has 1 N–H and O–H groups in total. The van der Waals surface area contributed by atoms with Crippen LogP contribution in [0.25, 0.3) is 0 Å². The molecule has 1 saturated heterocycles. The van der Waals surface area contributed by atoms with Gasteiger partial charge in [-0.25, -0.2) is 4.98 Å². The Morgan fingerprint density at radius 1 is 1.41 bits per heavy atom. The predicted octanol–water partition coefficient (Wildman–Crippen LogP) is 2.88. The van der Waals surface area contributed by atoms with E-state index >= 15 is 0 Å². The van der Waals surface area contributed by atoms with Gasteiger partial charge in [0.1, 0.15) is 5.82 Å². The van der Waals surface area contributed by atoms with Crippen molar-refractivity contribution in [2.45, 2.75) is 19.3 Å². The quantitative estimate of drug-likeness (QED) is 0.895. The van der Waals surface area contributed by atoms with E-state index in [0.717, 1.165) is 18.3 Å². The van der Waals surface area contributed by atoms with Gasteiger partial charge in [0.15, 0.2) is 0 Å². The molecule has 4 heteroatoms. The number of aromatic nitrogens is 1. The average molecular weight is 254 g/mol. The number of hydrogen-bond donors (Lipinski definition) is 1. The molecule has 0 bridgehead atoms. The molecule has 2 heterocycles. The first kappa shape index (κ1) is 12.7. The maximum Gasteiger partial charge on any atom is 0.125 e. The number of halogens is 1. The van der Waals surface area contributed by atoms with Crippen molar-refractivity contribution in [3.63, 3.8) is 0 Å². The normalized spacial score (nSPS) is 18.2. The second kappa shape index (κ2) is 6.22. The third-order valence-electron chi connectivity index (χ3n) is 3.42. The Balaban J connectivity index is 1.67. The van der Waals surface area contributed by atoms with Gasteiger partial charge in [0.2, 0.25) is 0 Å². The van der Waals surface area contributed by atoms with Crippen LogP contribution in [0.5, 0.6) is 0 Å². The molecule has 1 aliphatic heterocycles. The van der Waals surface area contributed by atoms with Crippen molar-refractivity contribution < 1.29 is 0 Å². The Kier molecular flexibility index (Phi) is 4.63. The molecule has 0 radical (unpaired) electrons. The fourth-order valence-corrected chi connectivity index (χ4v) is 2.35. The van der Waals surface area contributed by atoms with Crippen LogP contribution >= 0.6 is 11.6 Å². The first-order chi connectivity index (χ1) is 8.24. The molecule has 1 aliphatic rings. The van der Waals surface area contributed by atoms with Crippen LogP contribution in [0.3, 0.4) is 0 Å². The molecule has 0 aliphatic carbocycles. The summed E-state index contributed by atoms with van der Waals surface area (Å²) >= 11 is 5.79. The summed E-state index contributed by atoms with van der Waals surface area (Å²) < 4.78 is 0. The number of piperidine rings is 1. The number of likely N-dealkylation sites (tertiary alicyclic amines) is 1. The molecule has 17 heavy (non-hydrogen) atoms. The predicted molar refractivity (Wildman–Crippen MR) is 72.6 cm³/mol. The number of nitrogens with one attached hydrogen (secondary N) is 1. The van der Waals surface area contributed by atoms with Gasteiger partial charge >= 0.3 is 0 Å². The zero-order valence-electron chi connectivity index (χ0n) is 10.3. The monoisotopic (exact) mass is 253 g/mol. The largest absolute Gasteiger partial charge is 0.370 e. The highest BCUT2D eigenvalue weighted by Crippen LogP contribution is 2.19. The van der Waals surface area contributed by atoms with Crippen LogP contribution in [0.1, 0.15) is 19.3 Å². The Labute approximate surface area is 108 Å². The molecule has 0 atom stereocenters. The molecule has 2 rings (SSSR count). The van der Waals surface area contributed by atoms with E-state index in [1.54, 1.807) is 6.20 Å². The van der Waals surface area contributed by atoms with Crippen molar-refractivity contribution in [1.29, 1.82) is 0 Å². The molecular weight excluding hydrogens is 234 g/mol. The Morgan fingerprint density at radius 2 is 2.18 bits per heavy atom. The third kappa shape index (κ3) is 4.17. The summed E-state index contributed by atoms with van der Waals surface area (Å²) in [5, 5.41) is 4.03. The first-order valence-corrected chi connectivity index (χ1v) is 6.66. The minimum atomic E-state index is 0.686. The Bertz CT molecular complexity index is 331. The van der Waals surface area contributed by atoms with Gasteiger partial charge in [-0.15, -0.1) is 0 Å². The summed E-state index contributed by atoms with van der Waals surface area (Å²) in [5.74, 6) is 1.79.